The van der Waals surface area contributed by atoms with E-state index in [0.29, 0.717) is 5.75 Å². The Morgan fingerprint density at radius 3 is 2.85 bits per heavy atom. The van der Waals surface area contributed by atoms with Gasteiger partial charge in [0.15, 0.2) is 18.1 Å². The number of rotatable bonds is 5. The van der Waals surface area contributed by atoms with Gasteiger partial charge in [0.25, 0.3) is 5.88 Å². The number of halogens is 2. The van der Waals surface area contributed by atoms with Crippen LogP contribution in [0, 0.1) is 5.82 Å². The van der Waals surface area contributed by atoms with Crippen molar-refractivity contribution in [3.8, 4) is 17.4 Å². The minimum Gasteiger partial charge on any atom is -0.466 e. The van der Waals surface area contributed by atoms with Crippen molar-refractivity contribution >= 4 is 32.1 Å². The van der Waals surface area contributed by atoms with Crippen LogP contribution in [-0.2, 0) is 4.79 Å². The number of pyridine rings is 1. The molecule has 0 aliphatic rings. The van der Waals surface area contributed by atoms with Crippen LogP contribution in [0.4, 0.5) is 10.1 Å². The van der Waals surface area contributed by atoms with Gasteiger partial charge in [-0.05, 0) is 24.3 Å². The Morgan fingerprint density at radius 2 is 2.15 bits per heavy atom. The summed E-state index contributed by atoms with van der Waals surface area (Å²) in [5.41, 5.74) is 5.82. The molecule has 0 fully saturated rings. The number of nitrogen functional groups attached to an aromatic ring is 1. The molecule has 2 aromatic rings. The largest absolute Gasteiger partial charge is 0.466 e. The second-order valence-corrected chi connectivity index (χ2v) is 4.94. The molecule has 2 rings (SSSR count). The maximum atomic E-state index is 13.0. The Morgan fingerprint density at radius 1 is 1.35 bits per heavy atom. The van der Waals surface area contributed by atoms with E-state index in [2.05, 4.69) is 4.98 Å². The lowest BCUT2D eigenvalue weighted by Crippen LogP contribution is -2.06. The zero-order valence-electron chi connectivity index (χ0n) is 10.2. The number of benzene rings is 1. The normalized spacial score (nSPS) is 10.1. The average molecular weight is 388 g/mol. The van der Waals surface area contributed by atoms with Gasteiger partial charge in [-0.2, -0.15) is 0 Å². The molecule has 0 atom stereocenters. The fourth-order valence-electron chi connectivity index (χ4n) is 1.42. The molecule has 1 aromatic carbocycles. The van der Waals surface area contributed by atoms with Crippen LogP contribution in [0.1, 0.15) is 0 Å². The molecule has 0 aliphatic carbocycles. The van der Waals surface area contributed by atoms with Gasteiger partial charge in [0.2, 0.25) is 3.79 Å². The van der Waals surface area contributed by atoms with Gasteiger partial charge in [0, 0.05) is 34.9 Å². The number of hydrogen-bond acceptors (Lipinski definition) is 5. The van der Waals surface area contributed by atoms with Crippen molar-refractivity contribution in [2.75, 3.05) is 12.3 Å². The molecule has 0 aliphatic heterocycles. The molecule has 7 heteroatoms. The summed E-state index contributed by atoms with van der Waals surface area (Å²) in [5, 5.41) is 0. The van der Waals surface area contributed by atoms with E-state index >= 15 is 0 Å². The molecule has 0 saturated carbocycles. The zero-order valence-corrected chi connectivity index (χ0v) is 12.3. The maximum absolute atomic E-state index is 13.0. The number of hydrogen-bond donors (Lipinski definition) is 1. The van der Waals surface area contributed by atoms with E-state index in [1.165, 1.54) is 18.3 Å². The van der Waals surface area contributed by atoms with Gasteiger partial charge in [-0.1, -0.05) is 0 Å². The first-order valence-electron chi connectivity index (χ1n) is 5.55. The number of carbonyl (C=O) groups excluding carboxylic acids is 1. The number of aromatic nitrogens is 1. The Balaban J connectivity index is 2.22. The molecule has 104 valence electrons. The van der Waals surface area contributed by atoms with Crippen molar-refractivity contribution in [1.29, 1.82) is 0 Å². The molecule has 0 amide bonds. The Kier molecular flexibility index (Phi) is 4.72. The van der Waals surface area contributed by atoms with Gasteiger partial charge in [-0.25, -0.2) is 9.37 Å². The predicted molar refractivity (Wildman–Crippen MR) is 79.6 cm³/mol. The monoisotopic (exact) mass is 388 g/mol. The lowest BCUT2D eigenvalue weighted by Gasteiger charge is -2.11. The second kappa shape index (κ2) is 6.51. The predicted octanol–water partition coefficient (Wildman–Crippen LogP) is 2.94. The number of nitrogens with two attached hydrogens (primary N) is 1. The molecule has 5 nitrogen and oxygen atoms in total. The second-order valence-electron chi connectivity index (χ2n) is 3.73. The number of carbonyl (C=O) groups is 1. The van der Waals surface area contributed by atoms with E-state index in [1.54, 1.807) is 34.7 Å². The molecule has 0 saturated heterocycles. The summed E-state index contributed by atoms with van der Waals surface area (Å²) < 4.78 is 23.6. The van der Waals surface area contributed by atoms with Gasteiger partial charge in [-0.15, -0.1) is 0 Å². The van der Waals surface area contributed by atoms with E-state index in [9.17, 15) is 9.18 Å². The summed E-state index contributed by atoms with van der Waals surface area (Å²) in [6, 6.07) is 7.05. The molecule has 0 bridgehead atoms. The lowest BCUT2D eigenvalue weighted by atomic mass is 10.3. The molecule has 0 unspecified atom stereocenters. The number of nitrogens with zero attached hydrogens (tertiary/aromatic N) is 1. The average Bonchev–Trinajstić information content (AvgIpc) is 2.41. The van der Waals surface area contributed by atoms with Crippen LogP contribution in [0.2, 0.25) is 0 Å². The lowest BCUT2D eigenvalue weighted by molar-refractivity contribution is -0.111. The van der Waals surface area contributed by atoms with E-state index < -0.39 is 5.82 Å². The molecule has 20 heavy (non-hydrogen) atoms. The SMILES string of the molecule is Nc1cc(F)ccc1Oc1cccnc1OCC(=O)I. The summed E-state index contributed by atoms with van der Waals surface area (Å²) in [5.74, 6) is 0.294. The summed E-state index contributed by atoms with van der Waals surface area (Å²) in [6.45, 7) is -0.118. The van der Waals surface area contributed by atoms with E-state index in [0.717, 1.165) is 6.07 Å². The molecule has 1 aromatic heterocycles. The third-order valence-electron chi connectivity index (χ3n) is 2.25. The summed E-state index contributed by atoms with van der Waals surface area (Å²) in [7, 11) is 0. The van der Waals surface area contributed by atoms with Crippen molar-refractivity contribution < 1.29 is 18.7 Å². The van der Waals surface area contributed by atoms with Crippen LogP contribution in [0.25, 0.3) is 0 Å². The minimum absolute atomic E-state index is 0.118. The standard InChI is InChI=1S/C13H10FIN2O3/c14-8-3-4-10(9(16)6-8)20-11-2-1-5-17-13(11)19-7-12(15)18/h1-6H,7,16H2. The summed E-state index contributed by atoms with van der Waals surface area (Å²) >= 11 is 1.62. The molecular weight excluding hydrogens is 378 g/mol. The van der Waals surface area contributed by atoms with Gasteiger partial charge >= 0.3 is 0 Å². The van der Waals surface area contributed by atoms with Gasteiger partial charge in [0.05, 0.1) is 5.69 Å². The third kappa shape index (κ3) is 3.80. The molecular formula is C13H10FIN2O3. The first-order chi connectivity index (χ1) is 9.56. The fourth-order valence-corrected chi connectivity index (χ4v) is 1.57. The van der Waals surface area contributed by atoms with Crippen molar-refractivity contribution in [1.82, 2.24) is 4.98 Å². The fraction of sp³-hybridized carbons (Fsp3) is 0.0769. The third-order valence-corrected chi connectivity index (χ3v) is 2.56. The topological polar surface area (TPSA) is 74.4 Å². The van der Waals surface area contributed by atoms with E-state index in [-0.39, 0.29) is 27.7 Å². The smallest absolute Gasteiger partial charge is 0.258 e. The van der Waals surface area contributed by atoms with Crippen molar-refractivity contribution in [3.63, 3.8) is 0 Å². The molecule has 0 spiro atoms. The highest BCUT2D eigenvalue weighted by molar-refractivity contribution is 14.1. The highest BCUT2D eigenvalue weighted by atomic mass is 127. The van der Waals surface area contributed by atoms with Crippen LogP contribution in [0.15, 0.2) is 36.5 Å². The van der Waals surface area contributed by atoms with Crippen molar-refractivity contribution in [2.24, 2.45) is 0 Å². The minimum atomic E-state index is -0.451. The van der Waals surface area contributed by atoms with Gasteiger partial charge in [-0.3, -0.25) is 4.79 Å². The first kappa shape index (κ1) is 14.5. The van der Waals surface area contributed by atoms with Gasteiger partial charge in [0.1, 0.15) is 5.82 Å². The summed E-state index contributed by atoms with van der Waals surface area (Å²) in [6.07, 6.45) is 1.51. The quantitative estimate of drug-likeness (QED) is 0.485. The number of anilines is 1. The Bertz CT molecular complexity index is 637. The Labute approximate surface area is 128 Å². The van der Waals surface area contributed by atoms with Crippen LogP contribution in [-0.4, -0.2) is 15.4 Å². The van der Waals surface area contributed by atoms with Crippen LogP contribution in [0.3, 0.4) is 0 Å². The van der Waals surface area contributed by atoms with Crippen molar-refractivity contribution in [3.05, 3.63) is 42.3 Å². The highest BCUT2D eigenvalue weighted by Gasteiger charge is 2.10. The summed E-state index contributed by atoms with van der Waals surface area (Å²) in [4.78, 5) is 14.9. The van der Waals surface area contributed by atoms with Crippen LogP contribution < -0.4 is 15.2 Å². The van der Waals surface area contributed by atoms with E-state index in [4.69, 9.17) is 15.2 Å². The van der Waals surface area contributed by atoms with E-state index in [1.807, 2.05) is 0 Å². The molecule has 0 radical (unpaired) electrons. The molecule has 2 N–H and O–H groups in total. The zero-order chi connectivity index (χ0) is 14.5. The first-order valence-corrected chi connectivity index (χ1v) is 6.63. The van der Waals surface area contributed by atoms with Gasteiger partial charge < -0.3 is 15.2 Å². The van der Waals surface area contributed by atoms with Crippen LogP contribution >= 0.6 is 22.6 Å². The van der Waals surface area contributed by atoms with Crippen molar-refractivity contribution in [2.45, 2.75) is 0 Å². The molecule has 1 heterocycles. The number of ether oxygens (including phenoxy) is 2. The Hall–Kier alpha value is -1.90. The highest BCUT2D eigenvalue weighted by Crippen LogP contribution is 2.32. The maximum Gasteiger partial charge on any atom is 0.258 e. The van der Waals surface area contributed by atoms with Crippen LogP contribution in [0.5, 0.6) is 17.4 Å².